The second-order valence-corrected chi connectivity index (χ2v) is 6.28. The summed E-state index contributed by atoms with van der Waals surface area (Å²) in [5.74, 6) is 0. The minimum absolute atomic E-state index is 0.0615. The Balaban J connectivity index is 2.44. The second-order valence-electron chi connectivity index (χ2n) is 3.94. The Kier molecular flexibility index (Phi) is 3.93. The Labute approximate surface area is 122 Å². The lowest BCUT2D eigenvalue weighted by Crippen LogP contribution is -2.26. The molecule has 2 aromatic rings. The van der Waals surface area contributed by atoms with Crippen LogP contribution in [0.15, 0.2) is 47.6 Å². The number of nitrogens with zero attached hydrogens (tertiary/aromatic N) is 3. The quantitative estimate of drug-likeness (QED) is 0.873. The molecule has 0 aliphatic heterocycles. The van der Waals surface area contributed by atoms with E-state index in [2.05, 4.69) is 4.98 Å². The summed E-state index contributed by atoms with van der Waals surface area (Å²) in [6, 6.07) is 9.60. The highest BCUT2D eigenvalue weighted by molar-refractivity contribution is 7.93. The van der Waals surface area contributed by atoms with E-state index in [1.165, 1.54) is 25.5 Å². The maximum atomic E-state index is 12.4. The fourth-order valence-electron chi connectivity index (χ4n) is 1.59. The fourth-order valence-corrected chi connectivity index (χ4v) is 3.19. The van der Waals surface area contributed by atoms with Gasteiger partial charge in [-0.05, 0) is 30.3 Å². The summed E-state index contributed by atoms with van der Waals surface area (Å²) in [7, 11) is -2.37. The third kappa shape index (κ3) is 2.59. The Bertz CT molecular complexity index is 767. The molecule has 0 bridgehead atoms. The van der Waals surface area contributed by atoms with Crippen molar-refractivity contribution in [3.05, 3.63) is 53.3 Å². The molecule has 1 aromatic heterocycles. The van der Waals surface area contributed by atoms with Crippen molar-refractivity contribution in [2.24, 2.45) is 0 Å². The fraction of sp³-hybridized carbons (Fsp3) is 0.0769. The molecule has 1 aromatic carbocycles. The monoisotopic (exact) mass is 307 g/mol. The smallest absolute Gasteiger partial charge is 0.267 e. The number of anilines is 1. The predicted octanol–water partition coefficient (Wildman–Crippen LogP) is 2.43. The summed E-state index contributed by atoms with van der Waals surface area (Å²) in [4.78, 5) is 3.72. The maximum absolute atomic E-state index is 12.4. The SMILES string of the molecule is CN(c1ccc(C#N)cc1)S(=O)(=O)c1cnccc1Cl. The van der Waals surface area contributed by atoms with Gasteiger partial charge in [-0.15, -0.1) is 0 Å². The van der Waals surface area contributed by atoms with Crippen molar-refractivity contribution in [1.82, 2.24) is 4.98 Å². The van der Waals surface area contributed by atoms with Gasteiger partial charge in [-0.25, -0.2) is 8.42 Å². The number of sulfonamides is 1. The van der Waals surface area contributed by atoms with Gasteiger partial charge in [0.2, 0.25) is 0 Å². The highest BCUT2D eigenvalue weighted by Gasteiger charge is 2.24. The lowest BCUT2D eigenvalue weighted by Gasteiger charge is -2.19. The number of halogens is 1. The average Bonchev–Trinajstić information content (AvgIpc) is 2.47. The molecule has 0 saturated heterocycles. The number of benzene rings is 1. The highest BCUT2D eigenvalue weighted by atomic mass is 35.5. The Morgan fingerprint density at radius 3 is 2.45 bits per heavy atom. The van der Waals surface area contributed by atoms with Crippen LogP contribution in [0.5, 0.6) is 0 Å². The zero-order valence-corrected chi connectivity index (χ0v) is 12.1. The summed E-state index contributed by atoms with van der Waals surface area (Å²) in [5.41, 5.74) is 0.892. The van der Waals surface area contributed by atoms with E-state index in [0.717, 1.165) is 4.31 Å². The minimum Gasteiger partial charge on any atom is -0.269 e. The van der Waals surface area contributed by atoms with E-state index >= 15 is 0 Å². The lowest BCUT2D eigenvalue weighted by molar-refractivity contribution is 0.594. The van der Waals surface area contributed by atoms with Crippen molar-refractivity contribution in [2.45, 2.75) is 4.90 Å². The third-order valence-electron chi connectivity index (χ3n) is 2.73. The summed E-state index contributed by atoms with van der Waals surface area (Å²) in [6.07, 6.45) is 2.63. The van der Waals surface area contributed by atoms with E-state index in [-0.39, 0.29) is 9.92 Å². The zero-order chi connectivity index (χ0) is 14.8. The molecule has 20 heavy (non-hydrogen) atoms. The molecule has 0 radical (unpaired) electrons. The standard InChI is InChI=1S/C13H10ClN3O2S/c1-17(11-4-2-10(8-15)3-5-11)20(18,19)13-9-16-7-6-12(13)14/h2-7,9H,1H3. The molecule has 2 rings (SSSR count). The van der Waals surface area contributed by atoms with E-state index in [0.29, 0.717) is 11.3 Å². The molecule has 0 N–H and O–H groups in total. The number of hydrogen-bond acceptors (Lipinski definition) is 4. The van der Waals surface area contributed by atoms with Crippen LogP contribution in [0, 0.1) is 11.3 Å². The molecule has 0 atom stereocenters. The Hall–Kier alpha value is -2.10. The largest absolute Gasteiger partial charge is 0.269 e. The van der Waals surface area contributed by atoms with Crippen LogP contribution in [0.4, 0.5) is 5.69 Å². The molecule has 0 aliphatic carbocycles. The van der Waals surface area contributed by atoms with Gasteiger partial charge in [0.25, 0.3) is 10.0 Å². The van der Waals surface area contributed by atoms with E-state index < -0.39 is 10.0 Å². The number of hydrogen-bond donors (Lipinski definition) is 0. The molecule has 0 spiro atoms. The summed E-state index contributed by atoms with van der Waals surface area (Å²) >= 11 is 5.90. The minimum atomic E-state index is -3.79. The molecular weight excluding hydrogens is 298 g/mol. The first-order chi connectivity index (χ1) is 9.46. The van der Waals surface area contributed by atoms with Crippen LogP contribution >= 0.6 is 11.6 Å². The number of rotatable bonds is 3. The van der Waals surface area contributed by atoms with Crippen molar-refractivity contribution in [1.29, 1.82) is 5.26 Å². The highest BCUT2D eigenvalue weighted by Crippen LogP contribution is 2.26. The van der Waals surface area contributed by atoms with Gasteiger partial charge >= 0.3 is 0 Å². The molecule has 7 heteroatoms. The Morgan fingerprint density at radius 2 is 1.90 bits per heavy atom. The average molecular weight is 308 g/mol. The van der Waals surface area contributed by atoms with E-state index in [4.69, 9.17) is 16.9 Å². The van der Waals surface area contributed by atoms with Crippen molar-refractivity contribution in [3.63, 3.8) is 0 Å². The first-order valence-electron chi connectivity index (χ1n) is 5.55. The lowest BCUT2D eigenvalue weighted by atomic mass is 10.2. The molecule has 0 aliphatic rings. The molecule has 0 amide bonds. The molecule has 5 nitrogen and oxygen atoms in total. The first-order valence-corrected chi connectivity index (χ1v) is 7.37. The van der Waals surface area contributed by atoms with Crippen molar-refractivity contribution < 1.29 is 8.42 Å². The van der Waals surface area contributed by atoms with Gasteiger partial charge in [-0.1, -0.05) is 11.6 Å². The zero-order valence-electron chi connectivity index (χ0n) is 10.5. The Morgan fingerprint density at radius 1 is 1.25 bits per heavy atom. The van der Waals surface area contributed by atoms with Crippen molar-refractivity contribution >= 4 is 27.3 Å². The van der Waals surface area contributed by atoms with Crippen LogP contribution < -0.4 is 4.31 Å². The molecular formula is C13H10ClN3O2S. The number of aromatic nitrogens is 1. The van der Waals surface area contributed by atoms with Gasteiger partial charge in [0.1, 0.15) is 4.90 Å². The van der Waals surface area contributed by atoms with Crippen LogP contribution in [0.3, 0.4) is 0 Å². The maximum Gasteiger partial charge on any atom is 0.267 e. The molecule has 102 valence electrons. The van der Waals surface area contributed by atoms with Crippen LogP contribution in [-0.2, 0) is 10.0 Å². The van der Waals surface area contributed by atoms with Crippen molar-refractivity contribution in [3.8, 4) is 6.07 Å². The van der Waals surface area contributed by atoms with Gasteiger partial charge < -0.3 is 0 Å². The van der Waals surface area contributed by atoms with Gasteiger partial charge in [0, 0.05) is 19.4 Å². The van der Waals surface area contributed by atoms with Gasteiger partial charge in [0.05, 0.1) is 22.3 Å². The van der Waals surface area contributed by atoms with Crippen LogP contribution in [0.1, 0.15) is 5.56 Å². The molecule has 0 unspecified atom stereocenters. The summed E-state index contributed by atoms with van der Waals surface area (Å²) in [5, 5.41) is 8.85. The van der Waals surface area contributed by atoms with E-state index in [1.54, 1.807) is 24.3 Å². The topological polar surface area (TPSA) is 74.1 Å². The van der Waals surface area contributed by atoms with Crippen molar-refractivity contribution in [2.75, 3.05) is 11.4 Å². The molecule has 0 saturated carbocycles. The summed E-state index contributed by atoms with van der Waals surface area (Å²) in [6.45, 7) is 0. The normalized spacial score (nSPS) is 10.8. The van der Waals surface area contributed by atoms with Crippen LogP contribution in [-0.4, -0.2) is 20.4 Å². The van der Waals surface area contributed by atoms with Crippen LogP contribution in [0.25, 0.3) is 0 Å². The first kappa shape index (κ1) is 14.3. The molecule has 1 heterocycles. The summed E-state index contributed by atoms with van der Waals surface area (Å²) < 4.78 is 26.0. The van der Waals surface area contributed by atoms with Gasteiger partial charge in [-0.2, -0.15) is 5.26 Å². The number of pyridine rings is 1. The van der Waals surface area contributed by atoms with Gasteiger partial charge in [-0.3, -0.25) is 9.29 Å². The van der Waals surface area contributed by atoms with Gasteiger partial charge in [0.15, 0.2) is 0 Å². The van der Waals surface area contributed by atoms with E-state index in [9.17, 15) is 8.42 Å². The number of nitriles is 1. The van der Waals surface area contributed by atoms with Crippen LogP contribution in [0.2, 0.25) is 5.02 Å². The third-order valence-corrected chi connectivity index (χ3v) is 4.99. The van der Waals surface area contributed by atoms with E-state index in [1.807, 2.05) is 6.07 Å². The predicted molar refractivity (Wildman–Crippen MR) is 76.0 cm³/mol. The molecule has 0 fully saturated rings. The second kappa shape index (κ2) is 5.49.